The lowest BCUT2D eigenvalue weighted by Gasteiger charge is -2.44. The monoisotopic (exact) mass is 375 g/mol. The van der Waals surface area contributed by atoms with Crippen LogP contribution in [0.3, 0.4) is 0 Å². The second kappa shape index (κ2) is 8.37. The normalized spacial score (nSPS) is 24.7. The van der Waals surface area contributed by atoms with Gasteiger partial charge < -0.3 is 14.8 Å². The first-order valence-corrected chi connectivity index (χ1v) is 8.79. The average molecular weight is 377 g/mol. The van der Waals surface area contributed by atoms with E-state index in [4.69, 9.17) is 21.1 Å². The summed E-state index contributed by atoms with van der Waals surface area (Å²) in [5.74, 6) is 0.823. The van der Waals surface area contributed by atoms with Crippen molar-refractivity contribution in [2.75, 3.05) is 13.2 Å². The Morgan fingerprint density at radius 1 is 1.33 bits per heavy atom. The molecule has 1 N–H and O–H groups in total. The zero-order chi connectivity index (χ0) is 15.2. The molecule has 21 heavy (non-hydrogen) atoms. The summed E-state index contributed by atoms with van der Waals surface area (Å²) in [7, 11) is 0. The molecule has 1 saturated carbocycles. The number of halogens is 2. The highest BCUT2D eigenvalue weighted by molar-refractivity contribution is 9.10. The van der Waals surface area contributed by atoms with Gasteiger partial charge in [-0.2, -0.15) is 0 Å². The summed E-state index contributed by atoms with van der Waals surface area (Å²) >= 11 is 9.45. The Morgan fingerprint density at radius 2 is 2.14 bits per heavy atom. The van der Waals surface area contributed by atoms with Crippen molar-refractivity contribution in [1.29, 1.82) is 0 Å². The lowest BCUT2D eigenvalue weighted by Crippen LogP contribution is -2.61. The van der Waals surface area contributed by atoms with Crippen molar-refractivity contribution in [2.24, 2.45) is 0 Å². The fraction of sp³-hybridized carbons (Fsp3) is 0.625. The number of hydrogen-bond acceptors (Lipinski definition) is 3. The zero-order valence-corrected chi connectivity index (χ0v) is 14.9. The zero-order valence-electron chi connectivity index (χ0n) is 12.6. The third-order valence-electron chi connectivity index (χ3n) is 3.59. The minimum absolute atomic E-state index is 0.100. The highest BCUT2D eigenvalue weighted by Gasteiger charge is 2.43. The predicted octanol–water partition coefficient (Wildman–Crippen LogP) is 4.42. The fourth-order valence-electron chi connectivity index (χ4n) is 2.44. The van der Waals surface area contributed by atoms with Gasteiger partial charge in [0.15, 0.2) is 0 Å². The number of benzene rings is 1. The molecule has 3 atom stereocenters. The van der Waals surface area contributed by atoms with Gasteiger partial charge in [-0.25, -0.2) is 0 Å². The molecule has 2 rings (SSSR count). The molecule has 1 aliphatic carbocycles. The first-order chi connectivity index (χ1) is 10.2. The van der Waals surface area contributed by atoms with E-state index < -0.39 is 0 Å². The Kier molecular flexibility index (Phi) is 6.80. The Balaban J connectivity index is 1.95. The molecule has 1 aliphatic rings. The third-order valence-corrected chi connectivity index (χ3v) is 4.45. The number of hydrogen-bond donors (Lipinski definition) is 1. The summed E-state index contributed by atoms with van der Waals surface area (Å²) in [6.45, 7) is 6.09. The van der Waals surface area contributed by atoms with Crippen molar-refractivity contribution in [2.45, 2.75) is 51.4 Å². The summed E-state index contributed by atoms with van der Waals surface area (Å²) in [5.41, 5.74) is 0. The molecule has 3 nitrogen and oxygen atoms in total. The molecule has 0 radical (unpaired) electrons. The van der Waals surface area contributed by atoms with Gasteiger partial charge in [-0.05, 0) is 53.5 Å². The van der Waals surface area contributed by atoms with E-state index in [0.29, 0.717) is 11.1 Å². The fourth-order valence-corrected chi connectivity index (χ4v) is 3.21. The Labute approximate surface area is 140 Å². The van der Waals surface area contributed by atoms with E-state index in [1.165, 1.54) is 0 Å². The van der Waals surface area contributed by atoms with E-state index in [1.54, 1.807) is 0 Å². The van der Waals surface area contributed by atoms with Gasteiger partial charge in [-0.1, -0.05) is 25.4 Å². The summed E-state index contributed by atoms with van der Waals surface area (Å²) in [6, 6.07) is 5.99. The Bertz CT molecular complexity index is 458. The maximum atomic E-state index is 6.09. The van der Waals surface area contributed by atoms with E-state index in [9.17, 15) is 0 Å². The van der Waals surface area contributed by atoms with Gasteiger partial charge in [0.1, 0.15) is 18.0 Å². The second-order valence-electron chi connectivity index (χ2n) is 5.36. The van der Waals surface area contributed by atoms with Crippen LogP contribution in [0.5, 0.6) is 5.75 Å². The van der Waals surface area contributed by atoms with Crippen molar-refractivity contribution in [1.82, 2.24) is 5.32 Å². The lowest BCUT2D eigenvalue weighted by molar-refractivity contribution is -0.108. The molecule has 1 aromatic carbocycles. The summed E-state index contributed by atoms with van der Waals surface area (Å²) in [6.07, 6.45) is 3.35. The van der Waals surface area contributed by atoms with Crippen LogP contribution in [0.25, 0.3) is 0 Å². The van der Waals surface area contributed by atoms with Crippen molar-refractivity contribution in [3.05, 3.63) is 27.7 Å². The van der Waals surface area contributed by atoms with Crippen LogP contribution in [0.1, 0.15) is 33.1 Å². The molecule has 0 saturated heterocycles. The Hall–Kier alpha value is -0.290. The summed E-state index contributed by atoms with van der Waals surface area (Å²) in [5, 5.41) is 4.23. The minimum atomic E-state index is 0.100. The number of ether oxygens (including phenoxy) is 2. The SMILES string of the molecule is CCCNC1CC(Oc2ccc(Cl)cc2Br)C1OCCC. The molecule has 118 valence electrons. The molecular formula is C16H23BrClNO2. The average Bonchev–Trinajstić information content (AvgIpc) is 2.44. The first-order valence-electron chi connectivity index (χ1n) is 7.62. The number of rotatable bonds is 8. The van der Waals surface area contributed by atoms with Gasteiger partial charge in [0, 0.05) is 24.1 Å². The van der Waals surface area contributed by atoms with Crippen molar-refractivity contribution >= 4 is 27.5 Å². The molecule has 0 spiro atoms. The minimum Gasteiger partial charge on any atom is -0.486 e. The standard InChI is InChI=1S/C16H23BrClNO2/c1-3-7-19-13-10-15(16(13)20-8-4-2)21-14-6-5-11(18)9-12(14)17/h5-6,9,13,15-16,19H,3-4,7-8,10H2,1-2H3. The topological polar surface area (TPSA) is 30.5 Å². The van der Waals surface area contributed by atoms with Crippen molar-refractivity contribution in [3.63, 3.8) is 0 Å². The molecule has 0 aromatic heterocycles. The molecule has 0 amide bonds. The van der Waals surface area contributed by atoms with E-state index in [-0.39, 0.29) is 12.2 Å². The molecule has 3 unspecified atom stereocenters. The third kappa shape index (κ3) is 4.59. The smallest absolute Gasteiger partial charge is 0.134 e. The van der Waals surface area contributed by atoms with Gasteiger partial charge in [0.25, 0.3) is 0 Å². The van der Waals surface area contributed by atoms with Crippen LogP contribution in [0.4, 0.5) is 0 Å². The van der Waals surface area contributed by atoms with Crippen LogP contribution in [-0.2, 0) is 4.74 Å². The molecule has 1 fully saturated rings. The van der Waals surface area contributed by atoms with E-state index in [0.717, 1.165) is 42.6 Å². The quantitative estimate of drug-likeness (QED) is 0.728. The van der Waals surface area contributed by atoms with Gasteiger partial charge in [-0.3, -0.25) is 0 Å². The maximum absolute atomic E-state index is 6.09. The van der Waals surface area contributed by atoms with Gasteiger partial charge in [0.2, 0.25) is 0 Å². The van der Waals surface area contributed by atoms with Crippen molar-refractivity contribution in [3.8, 4) is 5.75 Å². The lowest BCUT2D eigenvalue weighted by atomic mass is 9.85. The predicted molar refractivity (Wildman–Crippen MR) is 90.3 cm³/mol. The van der Waals surface area contributed by atoms with Crippen LogP contribution in [0.15, 0.2) is 22.7 Å². The number of nitrogens with one attached hydrogen (secondary N) is 1. The molecule has 0 bridgehead atoms. The summed E-state index contributed by atoms with van der Waals surface area (Å²) < 4.78 is 12.9. The van der Waals surface area contributed by atoms with Gasteiger partial charge in [-0.15, -0.1) is 0 Å². The van der Waals surface area contributed by atoms with E-state index >= 15 is 0 Å². The maximum Gasteiger partial charge on any atom is 0.134 e. The van der Waals surface area contributed by atoms with Gasteiger partial charge >= 0.3 is 0 Å². The molecule has 5 heteroatoms. The Morgan fingerprint density at radius 3 is 2.81 bits per heavy atom. The van der Waals surface area contributed by atoms with E-state index in [1.807, 2.05) is 18.2 Å². The first kappa shape index (κ1) is 17.1. The highest BCUT2D eigenvalue weighted by atomic mass is 79.9. The van der Waals surface area contributed by atoms with Crippen LogP contribution in [0, 0.1) is 0 Å². The van der Waals surface area contributed by atoms with Crippen LogP contribution < -0.4 is 10.1 Å². The van der Waals surface area contributed by atoms with Crippen LogP contribution in [0.2, 0.25) is 5.02 Å². The van der Waals surface area contributed by atoms with E-state index in [2.05, 4.69) is 35.1 Å². The van der Waals surface area contributed by atoms with Crippen LogP contribution in [-0.4, -0.2) is 31.4 Å². The van der Waals surface area contributed by atoms with Gasteiger partial charge in [0.05, 0.1) is 4.47 Å². The summed E-state index contributed by atoms with van der Waals surface area (Å²) in [4.78, 5) is 0. The molecule has 0 aliphatic heterocycles. The molecule has 0 heterocycles. The van der Waals surface area contributed by atoms with Crippen molar-refractivity contribution < 1.29 is 9.47 Å². The molecular weight excluding hydrogens is 354 g/mol. The molecule has 1 aromatic rings. The highest BCUT2D eigenvalue weighted by Crippen LogP contribution is 2.34. The van der Waals surface area contributed by atoms with Crippen LogP contribution >= 0.6 is 27.5 Å². The second-order valence-corrected chi connectivity index (χ2v) is 6.65. The largest absolute Gasteiger partial charge is 0.486 e.